The number of ether oxygens (including phenoxy) is 1. The van der Waals surface area contributed by atoms with Gasteiger partial charge in [-0.25, -0.2) is 9.18 Å². The van der Waals surface area contributed by atoms with Gasteiger partial charge in [0.2, 0.25) is 0 Å². The molecule has 2 aromatic carbocycles. The molecule has 2 rings (SSSR count). The molecule has 0 aliphatic heterocycles. The molecule has 0 heterocycles. The molecule has 0 atom stereocenters. The number of para-hydroxylation sites is 1. The maximum absolute atomic E-state index is 13.5. The van der Waals surface area contributed by atoms with Crippen molar-refractivity contribution in [3.05, 3.63) is 64.4 Å². The van der Waals surface area contributed by atoms with Crippen LogP contribution in [0.2, 0.25) is 5.02 Å². The molecule has 3 nitrogen and oxygen atoms in total. The summed E-state index contributed by atoms with van der Waals surface area (Å²) in [6.07, 6.45) is 0. The van der Waals surface area contributed by atoms with Crippen molar-refractivity contribution in [2.75, 3.05) is 5.73 Å². The first-order chi connectivity index (χ1) is 9.09. The third-order valence-electron chi connectivity index (χ3n) is 2.59. The lowest BCUT2D eigenvalue weighted by atomic mass is 10.2. The Balaban J connectivity index is 2.11. The summed E-state index contributed by atoms with van der Waals surface area (Å²) in [6, 6.07) is 10.8. The molecule has 0 saturated heterocycles. The van der Waals surface area contributed by atoms with Gasteiger partial charge in [-0.05, 0) is 24.3 Å². The Morgan fingerprint density at radius 1 is 1.21 bits per heavy atom. The highest BCUT2D eigenvalue weighted by Crippen LogP contribution is 2.21. The predicted octanol–water partition coefficient (Wildman–Crippen LogP) is 3.42. The van der Waals surface area contributed by atoms with Gasteiger partial charge in [-0.3, -0.25) is 0 Å². The minimum absolute atomic E-state index is 0.145. The summed E-state index contributed by atoms with van der Waals surface area (Å²) in [4.78, 5) is 11.8. The summed E-state index contributed by atoms with van der Waals surface area (Å²) in [6.45, 7) is -0.237. The summed E-state index contributed by atoms with van der Waals surface area (Å²) in [5.41, 5.74) is 6.35. The molecule has 0 bridgehead atoms. The number of halogens is 2. The quantitative estimate of drug-likeness (QED) is 0.692. The zero-order chi connectivity index (χ0) is 13.8. The highest BCUT2D eigenvalue weighted by atomic mass is 35.5. The zero-order valence-electron chi connectivity index (χ0n) is 9.90. The van der Waals surface area contributed by atoms with Gasteiger partial charge in [-0.1, -0.05) is 29.8 Å². The van der Waals surface area contributed by atoms with Crippen molar-refractivity contribution in [3.8, 4) is 0 Å². The Hall–Kier alpha value is -2.07. The largest absolute Gasteiger partial charge is 0.457 e. The molecular weight excluding hydrogens is 269 g/mol. The van der Waals surface area contributed by atoms with E-state index in [1.807, 2.05) is 0 Å². The van der Waals surface area contributed by atoms with Gasteiger partial charge in [0.15, 0.2) is 0 Å². The molecule has 2 aromatic rings. The Morgan fingerprint density at radius 3 is 2.63 bits per heavy atom. The number of nitrogen functional groups attached to an aromatic ring is 1. The first-order valence-corrected chi connectivity index (χ1v) is 5.92. The topological polar surface area (TPSA) is 52.3 Å². The van der Waals surface area contributed by atoms with Crippen LogP contribution in [0.4, 0.5) is 10.1 Å². The van der Waals surface area contributed by atoms with Crippen molar-refractivity contribution in [3.63, 3.8) is 0 Å². The molecule has 0 amide bonds. The maximum Gasteiger partial charge on any atom is 0.340 e. The van der Waals surface area contributed by atoms with Crippen LogP contribution in [-0.4, -0.2) is 5.97 Å². The van der Waals surface area contributed by atoms with Gasteiger partial charge in [0.25, 0.3) is 0 Å². The van der Waals surface area contributed by atoms with Crippen molar-refractivity contribution >= 4 is 23.3 Å². The smallest absolute Gasteiger partial charge is 0.340 e. The van der Waals surface area contributed by atoms with Crippen molar-refractivity contribution in [2.24, 2.45) is 0 Å². The van der Waals surface area contributed by atoms with Crippen LogP contribution < -0.4 is 5.73 Å². The summed E-state index contributed by atoms with van der Waals surface area (Å²) < 4.78 is 18.5. The van der Waals surface area contributed by atoms with E-state index in [4.69, 9.17) is 22.1 Å². The van der Waals surface area contributed by atoms with Crippen LogP contribution in [0.5, 0.6) is 0 Å². The Bertz CT molecular complexity index is 596. The molecule has 0 fully saturated rings. The number of carbonyl (C=O) groups excluding carboxylic acids is 1. The minimum atomic E-state index is -0.614. The molecule has 0 saturated carbocycles. The monoisotopic (exact) mass is 279 g/mol. The van der Waals surface area contributed by atoms with Gasteiger partial charge < -0.3 is 10.5 Å². The standard InChI is InChI=1S/C14H11ClFNO2/c15-11-5-3-6-12(16)10(11)8-19-14(18)9-4-1-2-7-13(9)17/h1-7H,8,17H2. The second-order valence-corrected chi connectivity index (χ2v) is 4.27. The number of rotatable bonds is 3. The van der Waals surface area contributed by atoms with Crippen LogP contribution in [0, 0.1) is 5.82 Å². The molecule has 2 N–H and O–H groups in total. The van der Waals surface area contributed by atoms with E-state index in [-0.39, 0.29) is 22.8 Å². The van der Waals surface area contributed by atoms with Gasteiger partial charge in [-0.15, -0.1) is 0 Å². The molecule has 0 unspecified atom stereocenters. The van der Waals surface area contributed by atoms with E-state index in [1.165, 1.54) is 18.2 Å². The number of nitrogens with two attached hydrogens (primary N) is 1. The number of hydrogen-bond donors (Lipinski definition) is 1. The van der Waals surface area contributed by atoms with E-state index < -0.39 is 11.8 Å². The SMILES string of the molecule is Nc1ccccc1C(=O)OCc1c(F)cccc1Cl. The highest BCUT2D eigenvalue weighted by Gasteiger charge is 2.13. The van der Waals surface area contributed by atoms with Crippen molar-refractivity contribution in [2.45, 2.75) is 6.61 Å². The number of hydrogen-bond acceptors (Lipinski definition) is 3. The number of anilines is 1. The van der Waals surface area contributed by atoms with E-state index in [1.54, 1.807) is 24.3 Å². The van der Waals surface area contributed by atoms with Crippen LogP contribution >= 0.6 is 11.6 Å². The molecule has 0 radical (unpaired) electrons. The molecule has 0 spiro atoms. The fourth-order valence-electron chi connectivity index (χ4n) is 1.57. The van der Waals surface area contributed by atoms with Crippen molar-refractivity contribution in [1.82, 2.24) is 0 Å². The van der Waals surface area contributed by atoms with E-state index in [0.717, 1.165) is 0 Å². The van der Waals surface area contributed by atoms with Gasteiger partial charge in [-0.2, -0.15) is 0 Å². The van der Waals surface area contributed by atoms with E-state index in [2.05, 4.69) is 0 Å². The van der Waals surface area contributed by atoms with Gasteiger partial charge >= 0.3 is 5.97 Å². The maximum atomic E-state index is 13.5. The third-order valence-corrected chi connectivity index (χ3v) is 2.94. The lowest BCUT2D eigenvalue weighted by Gasteiger charge is -2.08. The normalized spacial score (nSPS) is 10.2. The number of benzene rings is 2. The Labute approximate surface area is 114 Å². The molecule has 5 heteroatoms. The summed E-state index contributed by atoms with van der Waals surface area (Å²) >= 11 is 5.83. The first kappa shape index (κ1) is 13.4. The lowest BCUT2D eigenvalue weighted by Crippen LogP contribution is -2.09. The second-order valence-electron chi connectivity index (χ2n) is 3.86. The van der Waals surface area contributed by atoms with Gasteiger partial charge in [0, 0.05) is 11.3 Å². The number of esters is 1. The molecular formula is C14H11ClFNO2. The van der Waals surface area contributed by atoms with E-state index in [0.29, 0.717) is 5.69 Å². The van der Waals surface area contributed by atoms with Gasteiger partial charge in [0.1, 0.15) is 12.4 Å². The molecule has 0 aliphatic carbocycles. The summed E-state index contributed by atoms with van der Waals surface area (Å²) in [7, 11) is 0. The average Bonchev–Trinajstić information content (AvgIpc) is 2.38. The van der Waals surface area contributed by atoms with Crippen LogP contribution in [0.25, 0.3) is 0 Å². The third kappa shape index (κ3) is 3.03. The average molecular weight is 280 g/mol. The van der Waals surface area contributed by atoms with Crippen LogP contribution in [-0.2, 0) is 11.3 Å². The second kappa shape index (κ2) is 5.71. The van der Waals surface area contributed by atoms with Crippen LogP contribution in [0.1, 0.15) is 15.9 Å². The first-order valence-electron chi connectivity index (χ1n) is 5.54. The Kier molecular flexibility index (Phi) is 4.02. The van der Waals surface area contributed by atoms with Gasteiger partial charge in [0.05, 0.1) is 10.6 Å². The number of carbonyl (C=O) groups is 1. The summed E-state index contributed by atoms with van der Waals surface area (Å²) in [5.74, 6) is -1.13. The fraction of sp³-hybridized carbons (Fsp3) is 0.0714. The van der Waals surface area contributed by atoms with Crippen molar-refractivity contribution in [1.29, 1.82) is 0 Å². The molecule has 98 valence electrons. The molecule has 19 heavy (non-hydrogen) atoms. The zero-order valence-corrected chi connectivity index (χ0v) is 10.7. The van der Waals surface area contributed by atoms with Crippen molar-refractivity contribution < 1.29 is 13.9 Å². The van der Waals surface area contributed by atoms with E-state index >= 15 is 0 Å². The molecule has 0 aliphatic rings. The minimum Gasteiger partial charge on any atom is -0.457 e. The van der Waals surface area contributed by atoms with Crippen LogP contribution in [0.15, 0.2) is 42.5 Å². The Morgan fingerprint density at radius 2 is 1.95 bits per heavy atom. The van der Waals surface area contributed by atoms with E-state index in [9.17, 15) is 9.18 Å². The lowest BCUT2D eigenvalue weighted by molar-refractivity contribution is 0.0470. The summed E-state index contributed by atoms with van der Waals surface area (Å²) in [5, 5.41) is 0.217. The van der Waals surface area contributed by atoms with Crippen LogP contribution in [0.3, 0.4) is 0 Å². The highest BCUT2D eigenvalue weighted by molar-refractivity contribution is 6.31. The fourth-order valence-corrected chi connectivity index (χ4v) is 1.79. The predicted molar refractivity (Wildman–Crippen MR) is 71.4 cm³/mol. The molecule has 0 aromatic heterocycles.